The second-order valence-electron chi connectivity index (χ2n) is 5.39. The number of nitrogens with zero attached hydrogens (tertiary/aromatic N) is 1. The van der Waals surface area contributed by atoms with Gasteiger partial charge in [0, 0.05) is 17.5 Å². The lowest BCUT2D eigenvalue weighted by molar-refractivity contribution is 0.591. The molecule has 1 atom stereocenters. The third-order valence-electron chi connectivity index (χ3n) is 3.91. The van der Waals surface area contributed by atoms with E-state index >= 15 is 0 Å². The maximum Gasteiger partial charge on any atom is 0.264 e. The Labute approximate surface area is 135 Å². The number of benzene rings is 2. The summed E-state index contributed by atoms with van der Waals surface area (Å²) < 4.78 is 27.3. The molecule has 0 aromatic heterocycles. The van der Waals surface area contributed by atoms with E-state index in [-0.39, 0.29) is 5.92 Å². The minimum atomic E-state index is -3.58. The van der Waals surface area contributed by atoms with Gasteiger partial charge in [0.15, 0.2) is 0 Å². The first-order valence-corrected chi connectivity index (χ1v) is 8.76. The summed E-state index contributed by atoms with van der Waals surface area (Å²) in [5, 5.41) is 0.597. The van der Waals surface area contributed by atoms with Crippen molar-refractivity contribution in [1.82, 2.24) is 0 Å². The van der Waals surface area contributed by atoms with Gasteiger partial charge in [0.1, 0.15) is 0 Å². The van der Waals surface area contributed by atoms with Gasteiger partial charge in [-0.2, -0.15) is 0 Å². The van der Waals surface area contributed by atoms with Crippen LogP contribution < -0.4 is 4.31 Å². The van der Waals surface area contributed by atoms with E-state index in [0.717, 1.165) is 11.1 Å². The van der Waals surface area contributed by atoms with Crippen molar-refractivity contribution in [2.45, 2.75) is 17.7 Å². The fraction of sp³-hybridized carbons (Fsp3) is 0.176. The van der Waals surface area contributed by atoms with Gasteiger partial charge >= 0.3 is 0 Å². The van der Waals surface area contributed by atoms with Crippen LogP contribution >= 0.6 is 11.6 Å². The zero-order chi connectivity index (χ0) is 15.9. The van der Waals surface area contributed by atoms with E-state index in [0.29, 0.717) is 22.2 Å². The van der Waals surface area contributed by atoms with Crippen molar-refractivity contribution in [1.29, 1.82) is 0 Å². The molecule has 2 aromatic carbocycles. The first-order chi connectivity index (χ1) is 10.4. The second-order valence-corrected chi connectivity index (χ2v) is 7.69. The number of anilines is 1. The molecular formula is C17H16ClNO2S. The van der Waals surface area contributed by atoms with E-state index in [1.807, 2.05) is 13.0 Å². The average molecular weight is 334 g/mol. The van der Waals surface area contributed by atoms with E-state index in [2.05, 4.69) is 6.58 Å². The normalized spacial score (nSPS) is 17.4. The minimum Gasteiger partial charge on any atom is -0.265 e. The zero-order valence-electron chi connectivity index (χ0n) is 12.2. The molecule has 114 valence electrons. The van der Waals surface area contributed by atoms with Crippen LogP contribution in [0.3, 0.4) is 0 Å². The van der Waals surface area contributed by atoms with Gasteiger partial charge in [-0.05, 0) is 42.8 Å². The average Bonchev–Trinajstić information content (AvgIpc) is 2.86. The predicted octanol–water partition coefficient (Wildman–Crippen LogP) is 4.13. The maximum absolute atomic E-state index is 12.9. The Hall–Kier alpha value is -1.78. The lowest BCUT2D eigenvalue weighted by atomic mass is 10.0. The van der Waals surface area contributed by atoms with Crippen LogP contribution in [-0.4, -0.2) is 15.0 Å². The SMILES string of the molecule is C=CC1CN(S(=O)(=O)c2ccc(C)cc2)c2ccc(Cl)cc21. The molecule has 0 N–H and O–H groups in total. The van der Waals surface area contributed by atoms with Crippen molar-refractivity contribution in [3.05, 3.63) is 71.3 Å². The van der Waals surface area contributed by atoms with E-state index in [1.165, 1.54) is 4.31 Å². The van der Waals surface area contributed by atoms with Crippen LogP contribution in [0.2, 0.25) is 5.02 Å². The monoisotopic (exact) mass is 333 g/mol. The van der Waals surface area contributed by atoms with Gasteiger partial charge in [0.2, 0.25) is 0 Å². The van der Waals surface area contributed by atoms with Gasteiger partial charge in [-0.15, -0.1) is 6.58 Å². The van der Waals surface area contributed by atoms with Crippen LogP contribution in [0.15, 0.2) is 60.0 Å². The standard InChI is InChI=1S/C17H16ClNO2S/c1-3-13-11-19(17-9-6-14(18)10-16(13)17)22(20,21)15-7-4-12(2)5-8-15/h3-10,13H,1,11H2,2H3. The highest BCUT2D eigenvalue weighted by Gasteiger charge is 2.35. The molecule has 1 unspecified atom stereocenters. The summed E-state index contributed by atoms with van der Waals surface area (Å²) in [6.07, 6.45) is 1.76. The molecular weight excluding hydrogens is 318 g/mol. The topological polar surface area (TPSA) is 37.4 Å². The van der Waals surface area contributed by atoms with E-state index in [4.69, 9.17) is 11.6 Å². The molecule has 5 heteroatoms. The summed E-state index contributed by atoms with van der Waals surface area (Å²) in [6, 6.07) is 12.2. The number of aryl methyl sites for hydroxylation is 1. The van der Waals surface area contributed by atoms with Crippen molar-refractivity contribution in [2.24, 2.45) is 0 Å². The van der Waals surface area contributed by atoms with Crippen molar-refractivity contribution in [3.63, 3.8) is 0 Å². The van der Waals surface area contributed by atoms with Crippen LogP contribution in [0, 0.1) is 6.92 Å². The summed E-state index contributed by atoms with van der Waals surface area (Å²) in [5.74, 6) is -0.0473. The summed E-state index contributed by atoms with van der Waals surface area (Å²) >= 11 is 6.04. The van der Waals surface area contributed by atoms with E-state index in [9.17, 15) is 8.42 Å². The van der Waals surface area contributed by atoms with E-state index in [1.54, 1.807) is 42.5 Å². The van der Waals surface area contributed by atoms with Gasteiger partial charge in [-0.1, -0.05) is 35.4 Å². The van der Waals surface area contributed by atoms with Crippen molar-refractivity contribution in [3.8, 4) is 0 Å². The second kappa shape index (κ2) is 5.45. The van der Waals surface area contributed by atoms with Crippen LogP contribution in [0.5, 0.6) is 0 Å². The Morgan fingerprint density at radius 3 is 2.55 bits per heavy atom. The minimum absolute atomic E-state index is 0.0473. The smallest absolute Gasteiger partial charge is 0.264 e. The van der Waals surface area contributed by atoms with Gasteiger partial charge < -0.3 is 0 Å². The van der Waals surface area contributed by atoms with Crippen LogP contribution in [-0.2, 0) is 10.0 Å². The molecule has 0 spiro atoms. The number of halogens is 1. The molecule has 2 aromatic rings. The zero-order valence-corrected chi connectivity index (χ0v) is 13.7. The number of hydrogen-bond donors (Lipinski definition) is 0. The third kappa shape index (κ3) is 2.42. The number of hydrogen-bond acceptors (Lipinski definition) is 2. The molecule has 22 heavy (non-hydrogen) atoms. The first kappa shape index (κ1) is 15.1. The molecule has 0 amide bonds. The van der Waals surface area contributed by atoms with Crippen LogP contribution in [0.1, 0.15) is 17.0 Å². The molecule has 1 aliphatic heterocycles. The lowest BCUT2D eigenvalue weighted by Crippen LogP contribution is -2.29. The largest absolute Gasteiger partial charge is 0.265 e. The molecule has 3 rings (SSSR count). The maximum atomic E-state index is 12.9. The molecule has 1 heterocycles. The quantitative estimate of drug-likeness (QED) is 0.792. The van der Waals surface area contributed by atoms with Crippen LogP contribution in [0.25, 0.3) is 0 Å². The highest BCUT2D eigenvalue weighted by Crippen LogP contribution is 2.41. The Morgan fingerprint density at radius 2 is 1.91 bits per heavy atom. The molecule has 0 saturated heterocycles. The Kier molecular flexibility index (Phi) is 3.75. The highest BCUT2D eigenvalue weighted by molar-refractivity contribution is 7.92. The molecule has 1 aliphatic rings. The van der Waals surface area contributed by atoms with Crippen LogP contribution in [0.4, 0.5) is 5.69 Å². The number of fused-ring (bicyclic) bond motifs is 1. The summed E-state index contributed by atoms with van der Waals surface area (Å²) in [7, 11) is -3.58. The van der Waals surface area contributed by atoms with Gasteiger partial charge in [-0.3, -0.25) is 4.31 Å². The third-order valence-corrected chi connectivity index (χ3v) is 5.94. The van der Waals surface area contributed by atoms with Gasteiger partial charge in [0.25, 0.3) is 10.0 Å². The molecule has 0 saturated carbocycles. The lowest BCUT2D eigenvalue weighted by Gasteiger charge is -2.20. The van der Waals surface area contributed by atoms with Gasteiger partial charge in [-0.25, -0.2) is 8.42 Å². The number of rotatable bonds is 3. The first-order valence-electron chi connectivity index (χ1n) is 6.95. The van der Waals surface area contributed by atoms with Gasteiger partial charge in [0.05, 0.1) is 10.6 Å². The van der Waals surface area contributed by atoms with Crippen molar-refractivity contribution >= 4 is 27.3 Å². The summed E-state index contributed by atoms with van der Waals surface area (Å²) in [4.78, 5) is 0.295. The fourth-order valence-electron chi connectivity index (χ4n) is 2.69. The summed E-state index contributed by atoms with van der Waals surface area (Å²) in [5.41, 5.74) is 2.60. The molecule has 0 bridgehead atoms. The van der Waals surface area contributed by atoms with Crippen molar-refractivity contribution in [2.75, 3.05) is 10.8 Å². The Bertz CT molecular complexity index is 828. The predicted molar refractivity (Wildman–Crippen MR) is 90.1 cm³/mol. The Balaban J connectivity index is 2.10. The number of sulfonamides is 1. The molecule has 0 fully saturated rings. The highest BCUT2D eigenvalue weighted by atomic mass is 35.5. The molecule has 0 radical (unpaired) electrons. The van der Waals surface area contributed by atoms with Crippen molar-refractivity contribution < 1.29 is 8.42 Å². The fourth-order valence-corrected chi connectivity index (χ4v) is 4.39. The Morgan fingerprint density at radius 1 is 1.23 bits per heavy atom. The summed E-state index contributed by atoms with van der Waals surface area (Å²) in [6.45, 7) is 6.09. The van der Waals surface area contributed by atoms with E-state index < -0.39 is 10.0 Å². The molecule has 0 aliphatic carbocycles. The molecule has 3 nitrogen and oxygen atoms in total.